The summed E-state index contributed by atoms with van der Waals surface area (Å²) in [4.78, 5) is 0. The van der Waals surface area contributed by atoms with Crippen molar-refractivity contribution >= 4 is 0 Å². The molecule has 2 saturated carbocycles. The summed E-state index contributed by atoms with van der Waals surface area (Å²) in [5.74, 6) is 4.03. The van der Waals surface area contributed by atoms with Crippen molar-refractivity contribution in [3.8, 4) is 0 Å². The Balaban J connectivity index is 1.54. The fraction of sp³-hybridized carbons (Fsp3) is 0.778. The van der Waals surface area contributed by atoms with E-state index in [1.807, 2.05) is 0 Å². The largest absolute Gasteiger partial charge is 0.389 e. The van der Waals surface area contributed by atoms with Crippen LogP contribution in [0.1, 0.15) is 86.0 Å². The first-order valence-corrected chi connectivity index (χ1v) is 12.0. The summed E-state index contributed by atoms with van der Waals surface area (Å²) in [6.07, 6.45) is 19.5. The van der Waals surface area contributed by atoms with E-state index in [0.717, 1.165) is 30.1 Å². The van der Waals surface area contributed by atoms with E-state index < -0.39 is 0 Å². The number of aliphatic hydroxyl groups excluding tert-OH is 1. The van der Waals surface area contributed by atoms with Gasteiger partial charge in [0.25, 0.3) is 0 Å². The van der Waals surface area contributed by atoms with E-state index in [2.05, 4.69) is 58.9 Å². The monoisotopic (exact) mass is 382 g/mol. The maximum atomic E-state index is 10.1. The molecule has 0 unspecified atom stereocenters. The second-order valence-corrected chi connectivity index (χ2v) is 11.4. The lowest BCUT2D eigenvalue weighted by molar-refractivity contribution is 0.0593. The highest BCUT2D eigenvalue weighted by molar-refractivity contribution is 5.42. The average molecular weight is 383 g/mol. The minimum absolute atomic E-state index is 0.144. The zero-order chi connectivity index (χ0) is 20.1. The van der Waals surface area contributed by atoms with Gasteiger partial charge in [-0.25, -0.2) is 0 Å². The normalized spacial score (nSPS) is 43.1. The van der Waals surface area contributed by atoms with Crippen LogP contribution in [-0.4, -0.2) is 11.2 Å². The third-order valence-electron chi connectivity index (χ3n) is 9.30. The topological polar surface area (TPSA) is 20.2 Å². The molecule has 1 N–H and O–H groups in total. The number of hydrogen-bond donors (Lipinski definition) is 1. The van der Waals surface area contributed by atoms with Crippen LogP contribution in [0, 0.1) is 40.4 Å². The Labute approximate surface area is 173 Å². The first-order valence-electron chi connectivity index (χ1n) is 12.0. The van der Waals surface area contributed by atoms with E-state index in [4.69, 9.17) is 0 Å². The highest BCUT2D eigenvalue weighted by atomic mass is 16.3. The molecular formula is C27H42O. The van der Waals surface area contributed by atoms with Crippen molar-refractivity contribution in [2.45, 2.75) is 92.1 Å². The first-order chi connectivity index (χ1) is 13.3. The molecule has 4 rings (SSSR count). The lowest BCUT2D eigenvalue weighted by atomic mass is 9.51. The van der Waals surface area contributed by atoms with Crippen molar-refractivity contribution in [2.24, 2.45) is 40.4 Å². The Morgan fingerprint density at radius 1 is 1.04 bits per heavy atom. The molecule has 156 valence electrons. The maximum Gasteiger partial charge on any atom is 0.0758 e. The van der Waals surface area contributed by atoms with Crippen LogP contribution in [0.3, 0.4) is 0 Å². The van der Waals surface area contributed by atoms with Crippen LogP contribution in [0.2, 0.25) is 0 Å². The number of fused-ring (bicyclic) bond motifs is 5. The Morgan fingerprint density at radius 2 is 1.82 bits per heavy atom. The third-order valence-corrected chi connectivity index (χ3v) is 9.30. The van der Waals surface area contributed by atoms with Crippen molar-refractivity contribution in [2.75, 3.05) is 0 Å². The van der Waals surface area contributed by atoms with Gasteiger partial charge >= 0.3 is 0 Å². The van der Waals surface area contributed by atoms with Gasteiger partial charge in [-0.2, -0.15) is 0 Å². The first kappa shape index (κ1) is 20.5. The van der Waals surface area contributed by atoms with Gasteiger partial charge in [-0.3, -0.25) is 0 Å². The van der Waals surface area contributed by atoms with Gasteiger partial charge in [-0.15, -0.1) is 0 Å². The number of hydrogen-bond acceptors (Lipinski definition) is 1. The minimum atomic E-state index is -0.286. The molecule has 0 saturated heterocycles. The molecular weight excluding hydrogens is 340 g/mol. The molecule has 0 spiro atoms. The van der Waals surface area contributed by atoms with Gasteiger partial charge in [-0.05, 0) is 67.1 Å². The smallest absolute Gasteiger partial charge is 0.0758 e. The Bertz CT molecular complexity index is 682. The molecule has 0 heterocycles. The molecule has 4 aliphatic rings. The summed E-state index contributed by atoms with van der Waals surface area (Å²) >= 11 is 0. The van der Waals surface area contributed by atoms with E-state index in [-0.39, 0.29) is 11.5 Å². The van der Waals surface area contributed by atoms with Crippen LogP contribution in [-0.2, 0) is 0 Å². The Morgan fingerprint density at radius 3 is 2.57 bits per heavy atom. The van der Waals surface area contributed by atoms with Crippen molar-refractivity contribution < 1.29 is 5.11 Å². The number of aliphatic hydroxyl groups is 1. The summed E-state index contributed by atoms with van der Waals surface area (Å²) in [6, 6.07) is 0. The minimum Gasteiger partial charge on any atom is -0.389 e. The van der Waals surface area contributed by atoms with Crippen LogP contribution in [0.4, 0.5) is 0 Å². The lowest BCUT2D eigenvalue weighted by Gasteiger charge is -2.53. The fourth-order valence-corrected chi connectivity index (χ4v) is 7.61. The van der Waals surface area contributed by atoms with Gasteiger partial charge in [0.05, 0.1) is 6.10 Å². The van der Waals surface area contributed by atoms with Gasteiger partial charge in [0.15, 0.2) is 0 Å². The van der Waals surface area contributed by atoms with Gasteiger partial charge in [0.2, 0.25) is 0 Å². The van der Waals surface area contributed by atoms with Crippen molar-refractivity contribution in [3.63, 3.8) is 0 Å². The molecule has 0 bridgehead atoms. The summed E-state index contributed by atoms with van der Waals surface area (Å²) in [7, 11) is 0. The molecule has 0 amide bonds. The van der Waals surface area contributed by atoms with E-state index in [1.54, 1.807) is 5.57 Å². The van der Waals surface area contributed by atoms with Gasteiger partial charge in [0, 0.05) is 5.41 Å². The molecule has 28 heavy (non-hydrogen) atoms. The van der Waals surface area contributed by atoms with Crippen LogP contribution in [0.15, 0.2) is 35.5 Å². The molecule has 0 aromatic heterocycles. The van der Waals surface area contributed by atoms with Crippen molar-refractivity contribution in [1.82, 2.24) is 0 Å². The number of allylic oxidation sites excluding steroid dienone is 4. The number of rotatable bonds is 5. The molecule has 0 radical (unpaired) electrons. The second-order valence-electron chi connectivity index (χ2n) is 11.4. The van der Waals surface area contributed by atoms with Crippen LogP contribution < -0.4 is 0 Å². The SMILES string of the molecule is CC(C)CCC[C@@H](C)[C@H]1CC[C@@H]2C3=CC=C4C[C@H](O)C=C[C@]4(C)[C@H]3CC[C@@]21C. The van der Waals surface area contributed by atoms with Crippen LogP contribution in [0.25, 0.3) is 0 Å². The Hall–Kier alpha value is -0.820. The van der Waals surface area contributed by atoms with E-state index in [9.17, 15) is 5.11 Å². The zero-order valence-electron chi connectivity index (χ0n) is 18.9. The van der Waals surface area contributed by atoms with Gasteiger partial charge < -0.3 is 5.11 Å². The van der Waals surface area contributed by atoms with Crippen molar-refractivity contribution in [1.29, 1.82) is 0 Å². The molecule has 0 aliphatic heterocycles. The maximum absolute atomic E-state index is 10.1. The zero-order valence-corrected chi connectivity index (χ0v) is 18.9. The Kier molecular flexibility index (Phi) is 5.45. The highest BCUT2D eigenvalue weighted by Gasteiger charge is 2.56. The fourth-order valence-electron chi connectivity index (χ4n) is 7.61. The van der Waals surface area contributed by atoms with Crippen LogP contribution in [0.5, 0.6) is 0 Å². The summed E-state index contributed by atoms with van der Waals surface area (Å²) in [5.41, 5.74) is 3.85. The van der Waals surface area contributed by atoms with E-state index in [0.29, 0.717) is 11.3 Å². The second kappa shape index (κ2) is 7.46. The molecule has 0 aromatic rings. The lowest BCUT2D eigenvalue weighted by Crippen LogP contribution is -2.45. The highest BCUT2D eigenvalue weighted by Crippen LogP contribution is 2.65. The van der Waals surface area contributed by atoms with Crippen LogP contribution >= 0.6 is 0 Å². The quantitative estimate of drug-likeness (QED) is 0.503. The summed E-state index contributed by atoms with van der Waals surface area (Å²) < 4.78 is 0. The predicted octanol–water partition coefficient (Wildman–Crippen LogP) is 7.08. The van der Waals surface area contributed by atoms with E-state index in [1.165, 1.54) is 50.5 Å². The summed E-state index contributed by atoms with van der Waals surface area (Å²) in [6.45, 7) is 12.3. The molecule has 7 atom stereocenters. The molecule has 4 aliphatic carbocycles. The van der Waals surface area contributed by atoms with Gasteiger partial charge in [0.1, 0.15) is 0 Å². The molecule has 1 nitrogen and oxygen atoms in total. The molecule has 2 fully saturated rings. The average Bonchev–Trinajstić information content (AvgIpc) is 2.99. The molecule has 0 aromatic carbocycles. The molecule has 1 heteroatoms. The standard InChI is InChI=1S/C27H42O/c1-18(2)7-6-8-19(3)23-11-12-24-22-10-9-20-17-21(28)13-15-26(20,4)25(22)14-16-27(23,24)5/h9-10,13,15,18-19,21,23-25,28H,6-8,11-12,14,16-17H2,1-5H3/t19-,21-,23-,24-,25+,26+,27-/m1/s1. The predicted molar refractivity (Wildman–Crippen MR) is 119 cm³/mol. The van der Waals surface area contributed by atoms with Gasteiger partial charge in [-0.1, -0.05) is 89.3 Å². The van der Waals surface area contributed by atoms with Crippen molar-refractivity contribution in [3.05, 3.63) is 35.5 Å². The third kappa shape index (κ3) is 3.26. The summed E-state index contributed by atoms with van der Waals surface area (Å²) in [5, 5.41) is 10.1. The van der Waals surface area contributed by atoms with E-state index >= 15 is 0 Å².